The molecule has 0 aromatic heterocycles. The van der Waals surface area contributed by atoms with Crippen molar-refractivity contribution >= 4 is 23.2 Å². The number of alkyl halides is 1. The van der Waals surface area contributed by atoms with Crippen molar-refractivity contribution in [2.75, 3.05) is 0 Å². The van der Waals surface area contributed by atoms with Crippen molar-refractivity contribution in [3.8, 4) is 0 Å². The fraction of sp³-hybridized carbons (Fsp3) is 0.333. The second-order valence-corrected chi connectivity index (χ2v) is 3.90. The number of hydrogen-bond acceptors (Lipinski definition) is 0. The van der Waals surface area contributed by atoms with Gasteiger partial charge in [0.25, 0.3) is 0 Å². The summed E-state index contributed by atoms with van der Waals surface area (Å²) in [5.41, 5.74) is 1.87. The van der Waals surface area contributed by atoms with E-state index in [4.69, 9.17) is 23.2 Å². The van der Waals surface area contributed by atoms with E-state index >= 15 is 0 Å². The SMILES string of the molecule is Fc1cc(Cl)c2c(c1)C(Cl)CC2. The Morgan fingerprint density at radius 2 is 2.17 bits per heavy atom. The molecule has 0 saturated carbocycles. The summed E-state index contributed by atoms with van der Waals surface area (Å²) in [5, 5.41) is 0.446. The first-order chi connectivity index (χ1) is 5.68. The average Bonchev–Trinajstić information content (AvgIpc) is 2.33. The maximum absolute atomic E-state index is 12.9. The van der Waals surface area contributed by atoms with Gasteiger partial charge in [-0.3, -0.25) is 0 Å². The van der Waals surface area contributed by atoms with Crippen molar-refractivity contribution < 1.29 is 4.39 Å². The first-order valence-corrected chi connectivity index (χ1v) is 4.62. The van der Waals surface area contributed by atoms with E-state index in [0.717, 1.165) is 24.0 Å². The highest BCUT2D eigenvalue weighted by molar-refractivity contribution is 6.31. The monoisotopic (exact) mass is 204 g/mol. The second-order valence-electron chi connectivity index (χ2n) is 2.96. The molecule has 0 bridgehead atoms. The zero-order chi connectivity index (χ0) is 8.72. The fourth-order valence-electron chi connectivity index (χ4n) is 1.59. The van der Waals surface area contributed by atoms with Gasteiger partial charge in [0.2, 0.25) is 0 Å². The summed E-state index contributed by atoms with van der Waals surface area (Å²) < 4.78 is 12.9. The third-order valence-electron chi connectivity index (χ3n) is 2.18. The molecule has 3 heteroatoms. The highest BCUT2D eigenvalue weighted by Gasteiger charge is 2.23. The molecule has 12 heavy (non-hydrogen) atoms. The van der Waals surface area contributed by atoms with Crippen LogP contribution in [0.5, 0.6) is 0 Å². The zero-order valence-corrected chi connectivity index (χ0v) is 7.79. The van der Waals surface area contributed by atoms with Crippen molar-refractivity contribution in [1.29, 1.82) is 0 Å². The molecule has 64 valence electrons. The number of benzene rings is 1. The molecule has 1 aromatic carbocycles. The Kier molecular flexibility index (Phi) is 2.01. The summed E-state index contributed by atoms with van der Waals surface area (Å²) in [7, 11) is 0. The van der Waals surface area contributed by atoms with E-state index in [2.05, 4.69) is 0 Å². The second kappa shape index (κ2) is 2.90. The van der Waals surface area contributed by atoms with Crippen molar-refractivity contribution in [1.82, 2.24) is 0 Å². The number of halogens is 3. The molecule has 2 rings (SSSR count). The first kappa shape index (κ1) is 8.33. The van der Waals surface area contributed by atoms with E-state index in [0.29, 0.717) is 5.02 Å². The van der Waals surface area contributed by atoms with Crippen molar-refractivity contribution in [2.24, 2.45) is 0 Å². The van der Waals surface area contributed by atoms with Gasteiger partial charge in [0.05, 0.1) is 5.38 Å². The summed E-state index contributed by atoms with van der Waals surface area (Å²) in [6.07, 6.45) is 1.72. The number of rotatable bonds is 0. The Morgan fingerprint density at radius 1 is 1.42 bits per heavy atom. The summed E-state index contributed by atoms with van der Waals surface area (Å²) >= 11 is 11.8. The Bertz CT molecular complexity index is 323. The predicted molar refractivity (Wildman–Crippen MR) is 48.3 cm³/mol. The molecular formula is C9H7Cl2F. The Morgan fingerprint density at radius 3 is 2.92 bits per heavy atom. The van der Waals surface area contributed by atoms with Crippen LogP contribution in [0.4, 0.5) is 4.39 Å². The lowest BCUT2D eigenvalue weighted by molar-refractivity contribution is 0.625. The van der Waals surface area contributed by atoms with Crippen LogP contribution in [0.2, 0.25) is 5.02 Å². The molecule has 0 amide bonds. The van der Waals surface area contributed by atoms with Crippen LogP contribution in [0.3, 0.4) is 0 Å². The standard InChI is InChI=1S/C9H7Cl2F/c10-8-2-1-6-7(8)3-5(12)4-9(6)11/h3-4,8H,1-2H2. The lowest BCUT2D eigenvalue weighted by Gasteiger charge is -2.03. The van der Waals surface area contributed by atoms with E-state index in [1.165, 1.54) is 12.1 Å². The molecule has 1 aliphatic rings. The van der Waals surface area contributed by atoms with Gasteiger partial charge >= 0.3 is 0 Å². The van der Waals surface area contributed by atoms with Gasteiger partial charge in [0.1, 0.15) is 5.82 Å². The van der Waals surface area contributed by atoms with Crippen molar-refractivity contribution in [2.45, 2.75) is 18.2 Å². The van der Waals surface area contributed by atoms with Gasteiger partial charge in [-0.2, -0.15) is 0 Å². The number of hydrogen-bond donors (Lipinski definition) is 0. The van der Waals surface area contributed by atoms with Crippen LogP contribution in [-0.2, 0) is 6.42 Å². The van der Waals surface area contributed by atoms with Gasteiger partial charge in [-0.15, -0.1) is 11.6 Å². The molecule has 1 atom stereocenters. The van der Waals surface area contributed by atoms with Gasteiger partial charge < -0.3 is 0 Å². The topological polar surface area (TPSA) is 0 Å². The smallest absolute Gasteiger partial charge is 0.125 e. The number of fused-ring (bicyclic) bond motifs is 1. The Balaban J connectivity index is 2.60. The van der Waals surface area contributed by atoms with Gasteiger partial charge in [-0.05, 0) is 36.1 Å². The average molecular weight is 205 g/mol. The summed E-state index contributed by atoms with van der Waals surface area (Å²) in [4.78, 5) is 0. The van der Waals surface area contributed by atoms with Gasteiger partial charge in [-0.1, -0.05) is 11.6 Å². The van der Waals surface area contributed by atoms with Crippen LogP contribution >= 0.6 is 23.2 Å². The van der Waals surface area contributed by atoms with Crippen LogP contribution in [0.1, 0.15) is 22.9 Å². The largest absolute Gasteiger partial charge is 0.207 e. The quantitative estimate of drug-likeness (QED) is 0.566. The molecule has 0 radical (unpaired) electrons. The van der Waals surface area contributed by atoms with Crippen molar-refractivity contribution in [3.63, 3.8) is 0 Å². The molecule has 0 fully saturated rings. The third-order valence-corrected chi connectivity index (χ3v) is 2.97. The molecule has 0 heterocycles. The molecule has 1 aromatic rings. The van der Waals surface area contributed by atoms with Crippen LogP contribution in [0, 0.1) is 5.82 Å². The summed E-state index contributed by atoms with van der Waals surface area (Å²) in [6, 6.07) is 2.82. The molecule has 0 saturated heterocycles. The fourth-order valence-corrected chi connectivity index (χ4v) is 2.20. The molecule has 0 nitrogen and oxygen atoms in total. The lowest BCUT2D eigenvalue weighted by Crippen LogP contribution is -1.87. The van der Waals surface area contributed by atoms with Gasteiger partial charge in [0.15, 0.2) is 0 Å². The molecule has 0 spiro atoms. The van der Waals surface area contributed by atoms with E-state index < -0.39 is 0 Å². The first-order valence-electron chi connectivity index (χ1n) is 3.80. The van der Waals surface area contributed by atoms with Crippen molar-refractivity contribution in [3.05, 3.63) is 34.1 Å². The highest BCUT2D eigenvalue weighted by atomic mass is 35.5. The van der Waals surface area contributed by atoms with E-state index in [-0.39, 0.29) is 11.2 Å². The molecule has 0 N–H and O–H groups in total. The van der Waals surface area contributed by atoms with Gasteiger partial charge in [0, 0.05) is 5.02 Å². The molecular weight excluding hydrogens is 198 g/mol. The minimum atomic E-state index is -0.300. The molecule has 0 aliphatic heterocycles. The third kappa shape index (κ3) is 1.21. The highest BCUT2D eigenvalue weighted by Crippen LogP contribution is 2.39. The minimum absolute atomic E-state index is 0.0619. The molecule has 1 aliphatic carbocycles. The van der Waals surface area contributed by atoms with E-state index in [1.807, 2.05) is 0 Å². The van der Waals surface area contributed by atoms with E-state index in [1.54, 1.807) is 0 Å². The summed E-state index contributed by atoms with van der Waals surface area (Å²) in [5.74, 6) is -0.300. The van der Waals surface area contributed by atoms with Gasteiger partial charge in [-0.25, -0.2) is 4.39 Å². The normalized spacial score (nSPS) is 21.1. The lowest BCUT2D eigenvalue weighted by atomic mass is 10.1. The maximum atomic E-state index is 12.9. The minimum Gasteiger partial charge on any atom is -0.207 e. The summed E-state index contributed by atoms with van der Waals surface area (Å²) in [6.45, 7) is 0. The Labute approximate surface area is 80.3 Å². The maximum Gasteiger partial charge on any atom is 0.125 e. The van der Waals surface area contributed by atoms with E-state index in [9.17, 15) is 4.39 Å². The zero-order valence-electron chi connectivity index (χ0n) is 6.28. The molecule has 1 unspecified atom stereocenters. The van der Waals surface area contributed by atoms with Crippen LogP contribution in [-0.4, -0.2) is 0 Å². The Hall–Kier alpha value is -0.270. The predicted octanol–water partition coefficient (Wildman–Crippen LogP) is 3.71. The van der Waals surface area contributed by atoms with Crippen LogP contribution in [0.15, 0.2) is 12.1 Å². The van der Waals surface area contributed by atoms with Crippen LogP contribution < -0.4 is 0 Å². The van der Waals surface area contributed by atoms with Crippen LogP contribution in [0.25, 0.3) is 0 Å².